The Morgan fingerprint density at radius 2 is 1.07 bits per heavy atom. The summed E-state index contributed by atoms with van der Waals surface area (Å²) in [5.74, 6) is -10.2. The van der Waals surface area contributed by atoms with Crippen molar-refractivity contribution in [3.8, 4) is 0 Å². The van der Waals surface area contributed by atoms with Gasteiger partial charge in [0.25, 0.3) is 28.9 Å². The van der Waals surface area contributed by atoms with Crippen LogP contribution in [0, 0.1) is 38.6 Å². The third-order valence-corrected chi connectivity index (χ3v) is 2.25. The maximum atomic E-state index is 10.3. The molecule has 1 aromatic heterocycles. The molecule has 0 atom stereocenters. The van der Waals surface area contributed by atoms with Crippen molar-refractivity contribution in [2.45, 2.75) is 0 Å². The van der Waals surface area contributed by atoms with Crippen LogP contribution in [0.15, 0.2) is 18.3 Å². The number of ketones is 5. The van der Waals surface area contributed by atoms with Crippen LogP contribution in [0.4, 0.5) is 0 Å². The van der Waals surface area contributed by atoms with Crippen LogP contribution in [0.5, 0.6) is 0 Å². The third kappa shape index (κ3) is 11.2. The average molecular weight is 578 g/mol. The van der Waals surface area contributed by atoms with Crippen molar-refractivity contribution >= 4 is 40.9 Å². The largest absolute Gasteiger partial charge is 0.543 e. The molecule has 1 saturated carbocycles. The Labute approximate surface area is 190 Å². The minimum Gasteiger partial charge on any atom is -0.543 e. The number of nitrogens with zero attached hydrogens (tertiary/aromatic N) is 1. The van der Waals surface area contributed by atoms with Crippen molar-refractivity contribution in [2.75, 3.05) is 0 Å². The summed E-state index contributed by atoms with van der Waals surface area (Å²) in [4.78, 5) is 74.7. The zero-order valence-electron chi connectivity index (χ0n) is 14.1. The van der Waals surface area contributed by atoms with E-state index in [0.717, 1.165) is 18.3 Å². The second-order valence-corrected chi connectivity index (χ2v) is 3.67. The first-order chi connectivity index (χ1) is 10.2. The molecular weight excluding hydrogens is 557 g/mol. The minimum atomic E-state index is -1.52. The molecule has 0 saturated heterocycles. The smallest absolute Gasteiger partial charge is 0.337 e. The van der Waals surface area contributed by atoms with E-state index in [1.54, 1.807) is 0 Å². The third-order valence-electron chi connectivity index (χ3n) is 2.25. The molecule has 18 N–H and O–H groups in total. The molecule has 1 fully saturated rings. The van der Waals surface area contributed by atoms with E-state index in [0.29, 0.717) is 0 Å². The Balaban J connectivity index is -0.0000000542. The van der Waals surface area contributed by atoms with Gasteiger partial charge in [0, 0.05) is 44.8 Å². The van der Waals surface area contributed by atoms with Crippen molar-refractivity contribution in [2.24, 2.45) is 0 Å². The fourth-order valence-electron chi connectivity index (χ4n) is 1.16. The van der Waals surface area contributed by atoms with Gasteiger partial charge in [0.1, 0.15) is 0 Å². The number of aromatic carboxylic acids is 2. The Morgan fingerprint density at radius 3 is 1.24 bits per heavy atom. The number of carbonyl (C=O) groups excluding carboxylic acids is 6. The summed E-state index contributed by atoms with van der Waals surface area (Å²) in [6.07, 6.45) is 0.966. The average Bonchev–Trinajstić information content (AvgIpc) is 2.66. The maximum Gasteiger partial charge on any atom is 0.337 e. The Kier molecular flexibility index (Phi) is 29.4. The standard InChI is InChI=1S/C7H5NO4.C5O5.6H2O.Tb/c9-6(10)4-1-2-5(7(11)12)8-3-4;6-1-2(7)4(9)5(10)3(1)8;;;;;;;/h1-3H,(H,9,10)(H,11,12);;6*1H2;/p+4. The van der Waals surface area contributed by atoms with Gasteiger partial charge >= 0.3 is 5.97 Å². The van der Waals surface area contributed by atoms with Gasteiger partial charge in [0.15, 0.2) is 0 Å². The predicted molar refractivity (Wildman–Crippen MR) is 88.5 cm³/mol. The zero-order valence-corrected chi connectivity index (χ0v) is 16.3. The molecule has 29 heavy (non-hydrogen) atoms. The van der Waals surface area contributed by atoms with Gasteiger partial charge in [0.05, 0.1) is 17.2 Å². The van der Waals surface area contributed by atoms with Crippen LogP contribution >= 0.6 is 0 Å². The van der Waals surface area contributed by atoms with Crippen molar-refractivity contribution in [1.82, 2.24) is 4.98 Å². The molecule has 2 rings (SSSR count). The summed E-state index contributed by atoms with van der Waals surface area (Å²) < 4.78 is 0. The van der Waals surface area contributed by atoms with Gasteiger partial charge in [-0.1, -0.05) is 0 Å². The van der Waals surface area contributed by atoms with E-state index in [1.165, 1.54) is 0 Å². The van der Waals surface area contributed by atoms with Gasteiger partial charge in [-0.2, -0.15) is 0 Å². The first-order valence-corrected chi connectivity index (χ1v) is 5.29. The normalized spacial score (nSPS) is 10.4. The first kappa shape index (κ1) is 45.3. The van der Waals surface area contributed by atoms with Crippen molar-refractivity contribution in [1.29, 1.82) is 0 Å². The van der Waals surface area contributed by atoms with Crippen LogP contribution < -0.4 is 5.11 Å². The van der Waals surface area contributed by atoms with Gasteiger partial charge < -0.3 is 47.9 Å². The zero-order chi connectivity index (χ0) is 17.0. The molecule has 1 radical (unpaired) electrons. The Morgan fingerprint density at radius 1 is 0.759 bits per heavy atom. The van der Waals surface area contributed by atoms with Crippen LogP contribution in [0.3, 0.4) is 0 Å². The number of aromatic nitrogens is 1. The monoisotopic (exact) mass is 578 g/mol. The van der Waals surface area contributed by atoms with E-state index in [2.05, 4.69) is 4.98 Å². The topological polar surface area (TPSA) is 372 Å². The van der Waals surface area contributed by atoms with Gasteiger partial charge in [-0.3, -0.25) is 29.0 Å². The Hall–Kier alpha value is -2.51. The Bertz CT molecular complexity index is 620. The van der Waals surface area contributed by atoms with Crippen LogP contribution in [0.25, 0.3) is 0 Å². The molecule has 0 bridgehead atoms. The molecule has 1 aliphatic carbocycles. The van der Waals surface area contributed by atoms with E-state index in [-0.39, 0.29) is 82.7 Å². The number of hydrogen-bond acceptors (Lipinski definition) is 9. The summed E-state index contributed by atoms with van der Waals surface area (Å²) in [5.41, 5.74) is -0.333. The number of carboxylic acid groups (broad SMARTS) is 2. The van der Waals surface area contributed by atoms with Crippen LogP contribution in [0.1, 0.15) is 20.8 Å². The van der Waals surface area contributed by atoms with E-state index < -0.39 is 40.9 Å². The van der Waals surface area contributed by atoms with Crippen molar-refractivity contribution in [3.05, 3.63) is 29.6 Å². The number of pyridine rings is 1. The molecule has 17 heteroatoms. The molecule has 16 nitrogen and oxygen atoms in total. The number of carbonyl (C=O) groups is 7. The first-order valence-electron chi connectivity index (χ1n) is 5.29. The summed E-state index contributed by atoms with van der Waals surface area (Å²) in [5, 5.41) is 18.6. The van der Waals surface area contributed by atoms with Crippen LogP contribution in [0.2, 0.25) is 0 Å². The minimum absolute atomic E-state index is 0. The van der Waals surface area contributed by atoms with Gasteiger partial charge in [-0.25, -0.2) is 4.79 Å². The number of hydrogen-bond donors (Lipinski definition) is 1. The second kappa shape index (κ2) is 18.8. The molecular formula is C12H21NO15Tb+4. The fraction of sp³-hybridized carbons (Fsp3) is 0. The molecule has 1 heterocycles. The van der Waals surface area contributed by atoms with Gasteiger partial charge in [-0.15, -0.1) is 0 Å². The van der Waals surface area contributed by atoms with E-state index >= 15 is 0 Å². The summed E-state index contributed by atoms with van der Waals surface area (Å²) >= 11 is 0. The summed E-state index contributed by atoms with van der Waals surface area (Å²) in [7, 11) is 0. The number of carboxylic acids is 2. The molecule has 1 aromatic rings. The van der Waals surface area contributed by atoms with Gasteiger partial charge in [0.2, 0.25) is 0 Å². The quantitative estimate of drug-likeness (QED) is 0.255. The van der Waals surface area contributed by atoms with Gasteiger partial charge in [-0.05, 0) is 12.1 Å². The second-order valence-electron chi connectivity index (χ2n) is 3.67. The molecule has 0 aromatic carbocycles. The molecule has 169 valence electrons. The molecule has 0 amide bonds. The van der Waals surface area contributed by atoms with E-state index in [9.17, 15) is 38.7 Å². The SMILES string of the molecule is O.O=C(O)c1ccc(C(=O)[O-])nc1.O=C1C(=O)C(=O)C(=O)C1=O.[OH3+].[OH3+].[OH3+].[OH3+].[OH3+].[Tb]. The number of rotatable bonds is 2. The van der Waals surface area contributed by atoms with E-state index in [4.69, 9.17) is 5.11 Å². The fourth-order valence-corrected chi connectivity index (χ4v) is 1.16. The molecule has 0 unspecified atom stereocenters. The molecule has 0 aliphatic heterocycles. The summed E-state index contributed by atoms with van der Waals surface area (Å²) in [6, 6.07) is 2.24. The van der Waals surface area contributed by atoms with E-state index in [1.807, 2.05) is 0 Å². The number of Topliss-reactive ketones (excluding diaryl/α,β-unsaturated/α-hetero) is 5. The van der Waals surface area contributed by atoms with Crippen LogP contribution in [-0.4, -0.2) is 56.4 Å². The predicted octanol–water partition coefficient (Wildman–Crippen LogP) is -8.45. The van der Waals surface area contributed by atoms with Crippen molar-refractivity contribution < 1.29 is 115 Å². The molecule has 0 spiro atoms. The maximum absolute atomic E-state index is 10.3. The molecule has 1 aliphatic rings. The van der Waals surface area contributed by atoms with Crippen LogP contribution in [-0.2, 0) is 51.4 Å². The van der Waals surface area contributed by atoms with Crippen molar-refractivity contribution in [3.63, 3.8) is 0 Å². The summed E-state index contributed by atoms with van der Waals surface area (Å²) in [6.45, 7) is 0.